The summed E-state index contributed by atoms with van der Waals surface area (Å²) < 4.78 is 2.18. The normalized spacial score (nSPS) is 16.3. The van der Waals surface area contributed by atoms with Crippen molar-refractivity contribution in [2.24, 2.45) is 5.92 Å². The maximum absolute atomic E-state index is 6.02. The molecule has 0 amide bonds. The minimum Gasteiger partial charge on any atom is -0.369 e. The molecule has 90 valence electrons. The standard InChI is InChI=1S/C14H19N3/c1-10-4-2-7-12-13(10)17(14(15)16-12)9-8-11-5-3-6-11/h2,4,7,11H,3,5-6,8-9H2,1H3,(H2,15,16). The lowest BCUT2D eigenvalue weighted by Gasteiger charge is -2.25. The summed E-state index contributed by atoms with van der Waals surface area (Å²) >= 11 is 0. The summed E-state index contributed by atoms with van der Waals surface area (Å²) in [5.74, 6) is 1.57. The summed E-state index contributed by atoms with van der Waals surface area (Å²) in [6, 6.07) is 6.21. The van der Waals surface area contributed by atoms with Gasteiger partial charge in [-0.1, -0.05) is 31.4 Å². The van der Waals surface area contributed by atoms with E-state index >= 15 is 0 Å². The van der Waals surface area contributed by atoms with E-state index < -0.39 is 0 Å². The van der Waals surface area contributed by atoms with Crippen LogP contribution in [-0.2, 0) is 6.54 Å². The number of nitrogens with zero attached hydrogens (tertiary/aromatic N) is 2. The van der Waals surface area contributed by atoms with Crippen LogP contribution in [0.2, 0.25) is 0 Å². The third-order valence-corrected chi connectivity index (χ3v) is 3.98. The summed E-state index contributed by atoms with van der Waals surface area (Å²) in [4.78, 5) is 4.44. The molecule has 2 aromatic rings. The van der Waals surface area contributed by atoms with E-state index in [0.29, 0.717) is 5.95 Å². The van der Waals surface area contributed by atoms with Crippen LogP contribution in [0.15, 0.2) is 18.2 Å². The second kappa shape index (κ2) is 4.06. The smallest absolute Gasteiger partial charge is 0.201 e. The number of hydrogen-bond acceptors (Lipinski definition) is 2. The molecule has 1 saturated carbocycles. The van der Waals surface area contributed by atoms with Crippen molar-refractivity contribution in [2.75, 3.05) is 5.73 Å². The fourth-order valence-corrected chi connectivity index (χ4v) is 2.70. The molecular weight excluding hydrogens is 210 g/mol. The van der Waals surface area contributed by atoms with Crippen molar-refractivity contribution < 1.29 is 0 Å². The average molecular weight is 229 g/mol. The Morgan fingerprint density at radius 3 is 2.94 bits per heavy atom. The van der Waals surface area contributed by atoms with Gasteiger partial charge in [0.05, 0.1) is 11.0 Å². The van der Waals surface area contributed by atoms with Crippen molar-refractivity contribution in [1.82, 2.24) is 9.55 Å². The second-order valence-electron chi connectivity index (χ2n) is 5.15. The van der Waals surface area contributed by atoms with Gasteiger partial charge in [-0.2, -0.15) is 0 Å². The van der Waals surface area contributed by atoms with Crippen LogP contribution in [-0.4, -0.2) is 9.55 Å². The Bertz CT molecular complexity index is 538. The lowest BCUT2D eigenvalue weighted by Crippen LogP contribution is -2.14. The highest BCUT2D eigenvalue weighted by Crippen LogP contribution is 2.31. The quantitative estimate of drug-likeness (QED) is 0.878. The number of aromatic nitrogens is 2. The van der Waals surface area contributed by atoms with E-state index in [9.17, 15) is 0 Å². The summed E-state index contributed by atoms with van der Waals surface area (Å²) in [5.41, 5.74) is 9.52. The molecule has 3 heteroatoms. The average Bonchev–Trinajstić information content (AvgIpc) is 2.54. The zero-order chi connectivity index (χ0) is 11.8. The Morgan fingerprint density at radius 1 is 1.41 bits per heavy atom. The zero-order valence-corrected chi connectivity index (χ0v) is 10.3. The molecule has 0 spiro atoms. The Morgan fingerprint density at radius 2 is 2.24 bits per heavy atom. The second-order valence-corrected chi connectivity index (χ2v) is 5.15. The fraction of sp³-hybridized carbons (Fsp3) is 0.500. The lowest BCUT2D eigenvalue weighted by molar-refractivity contribution is 0.284. The summed E-state index contributed by atoms with van der Waals surface area (Å²) in [7, 11) is 0. The molecule has 0 radical (unpaired) electrons. The van der Waals surface area contributed by atoms with Crippen LogP contribution in [0, 0.1) is 12.8 Å². The minimum atomic E-state index is 0.661. The number of para-hydroxylation sites is 1. The molecule has 1 aliphatic carbocycles. The molecule has 0 unspecified atom stereocenters. The van der Waals surface area contributed by atoms with Gasteiger partial charge in [-0.05, 0) is 30.9 Å². The predicted octanol–water partition coefficient (Wildman–Crippen LogP) is 3.12. The fourth-order valence-electron chi connectivity index (χ4n) is 2.70. The largest absolute Gasteiger partial charge is 0.369 e. The number of hydrogen-bond donors (Lipinski definition) is 1. The van der Waals surface area contributed by atoms with E-state index in [1.54, 1.807) is 0 Å². The topological polar surface area (TPSA) is 43.8 Å². The number of aryl methyl sites for hydroxylation is 2. The first-order valence-electron chi connectivity index (χ1n) is 6.47. The van der Waals surface area contributed by atoms with Crippen molar-refractivity contribution >= 4 is 17.0 Å². The van der Waals surface area contributed by atoms with E-state index in [4.69, 9.17) is 5.73 Å². The summed E-state index contributed by atoms with van der Waals surface area (Å²) in [6.07, 6.45) is 5.44. The number of rotatable bonds is 3. The number of nitrogen functional groups attached to an aromatic ring is 1. The van der Waals surface area contributed by atoms with Gasteiger partial charge in [0.1, 0.15) is 0 Å². The summed E-state index contributed by atoms with van der Waals surface area (Å²) in [5, 5.41) is 0. The van der Waals surface area contributed by atoms with Crippen molar-refractivity contribution in [3.05, 3.63) is 23.8 Å². The molecule has 1 aliphatic rings. The molecule has 2 N–H and O–H groups in total. The van der Waals surface area contributed by atoms with Crippen LogP contribution in [0.5, 0.6) is 0 Å². The highest BCUT2D eigenvalue weighted by atomic mass is 15.1. The molecule has 1 fully saturated rings. The van der Waals surface area contributed by atoms with Gasteiger partial charge < -0.3 is 10.3 Å². The van der Waals surface area contributed by atoms with Crippen LogP contribution in [0.25, 0.3) is 11.0 Å². The molecule has 0 atom stereocenters. The van der Waals surface area contributed by atoms with Gasteiger partial charge in [0, 0.05) is 6.54 Å². The van der Waals surface area contributed by atoms with Crippen molar-refractivity contribution in [3.8, 4) is 0 Å². The maximum atomic E-state index is 6.02. The van der Waals surface area contributed by atoms with Crippen molar-refractivity contribution in [3.63, 3.8) is 0 Å². The Balaban J connectivity index is 1.93. The highest BCUT2D eigenvalue weighted by molar-refractivity contribution is 5.81. The molecule has 1 heterocycles. The molecule has 3 rings (SSSR count). The first kappa shape index (κ1) is 10.6. The highest BCUT2D eigenvalue weighted by Gasteiger charge is 2.18. The van der Waals surface area contributed by atoms with Gasteiger partial charge >= 0.3 is 0 Å². The molecule has 1 aromatic heterocycles. The van der Waals surface area contributed by atoms with E-state index in [1.807, 2.05) is 12.1 Å². The van der Waals surface area contributed by atoms with Crippen LogP contribution < -0.4 is 5.73 Å². The Hall–Kier alpha value is -1.51. The van der Waals surface area contributed by atoms with Crippen molar-refractivity contribution in [2.45, 2.75) is 39.2 Å². The molecule has 0 bridgehead atoms. The number of benzene rings is 1. The van der Waals surface area contributed by atoms with Gasteiger partial charge in [0.25, 0.3) is 0 Å². The molecule has 3 nitrogen and oxygen atoms in total. The lowest BCUT2D eigenvalue weighted by atomic mass is 9.83. The molecule has 0 aliphatic heterocycles. The van der Waals surface area contributed by atoms with Crippen LogP contribution in [0.1, 0.15) is 31.2 Å². The van der Waals surface area contributed by atoms with E-state index in [0.717, 1.165) is 18.0 Å². The number of imidazole rings is 1. The van der Waals surface area contributed by atoms with E-state index in [1.165, 1.54) is 36.8 Å². The third kappa shape index (κ3) is 1.79. The van der Waals surface area contributed by atoms with Crippen LogP contribution >= 0.6 is 0 Å². The minimum absolute atomic E-state index is 0.661. The van der Waals surface area contributed by atoms with Crippen molar-refractivity contribution in [1.29, 1.82) is 0 Å². The number of anilines is 1. The predicted molar refractivity (Wildman–Crippen MR) is 70.8 cm³/mol. The maximum Gasteiger partial charge on any atom is 0.201 e. The molecule has 1 aromatic carbocycles. The van der Waals surface area contributed by atoms with E-state index in [2.05, 4.69) is 22.5 Å². The van der Waals surface area contributed by atoms with Gasteiger partial charge in [-0.25, -0.2) is 4.98 Å². The Labute approximate surface area is 102 Å². The zero-order valence-electron chi connectivity index (χ0n) is 10.3. The van der Waals surface area contributed by atoms with Gasteiger partial charge in [-0.3, -0.25) is 0 Å². The summed E-state index contributed by atoms with van der Waals surface area (Å²) in [6.45, 7) is 3.14. The monoisotopic (exact) mass is 229 g/mol. The molecular formula is C14H19N3. The number of nitrogens with two attached hydrogens (primary N) is 1. The first-order valence-corrected chi connectivity index (χ1v) is 6.47. The Kier molecular flexibility index (Phi) is 2.54. The third-order valence-electron chi connectivity index (χ3n) is 3.98. The van der Waals surface area contributed by atoms with Gasteiger partial charge in [0.2, 0.25) is 5.95 Å². The number of fused-ring (bicyclic) bond motifs is 1. The van der Waals surface area contributed by atoms with E-state index in [-0.39, 0.29) is 0 Å². The van der Waals surface area contributed by atoms with Crippen LogP contribution in [0.4, 0.5) is 5.95 Å². The van der Waals surface area contributed by atoms with Crippen LogP contribution in [0.3, 0.4) is 0 Å². The molecule has 17 heavy (non-hydrogen) atoms. The van der Waals surface area contributed by atoms with Gasteiger partial charge in [0.15, 0.2) is 0 Å². The van der Waals surface area contributed by atoms with Gasteiger partial charge in [-0.15, -0.1) is 0 Å². The SMILES string of the molecule is Cc1cccc2nc(N)n(CCC3CCC3)c12. The first-order chi connectivity index (χ1) is 8.25. The molecule has 0 saturated heterocycles.